The molecule has 0 bridgehead atoms. The van der Waals surface area contributed by atoms with Crippen LogP contribution in [0.3, 0.4) is 0 Å². The second kappa shape index (κ2) is 4.97. The van der Waals surface area contributed by atoms with E-state index in [0.717, 1.165) is 26.8 Å². The van der Waals surface area contributed by atoms with E-state index in [0.29, 0.717) is 5.82 Å². The topological polar surface area (TPSA) is 35.0 Å². The summed E-state index contributed by atoms with van der Waals surface area (Å²) in [4.78, 5) is 9.10. The SMILES string of the molecule is COc1ccccc1-c1nc(Br)c2ccccc2n1. The maximum Gasteiger partial charge on any atom is 0.164 e. The molecular formula is C15H11BrN2O. The smallest absolute Gasteiger partial charge is 0.164 e. The molecule has 0 N–H and O–H groups in total. The Labute approximate surface area is 119 Å². The van der Waals surface area contributed by atoms with Gasteiger partial charge in [0.2, 0.25) is 0 Å². The molecule has 0 saturated carbocycles. The van der Waals surface area contributed by atoms with Gasteiger partial charge in [-0.2, -0.15) is 0 Å². The van der Waals surface area contributed by atoms with Gasteiger partial charge in [-0.3, -0.25) is 0 Å². The Kier molecular flexibility index (Phi) is 3.17. The van der Waals surface area contributed by atoms with Crippen LogP contribution in [0.1, 0.15) is 0 Å². The fourth-order valence-electron chi connectivity index (χ4n) is 1.99. The fraction of sp³-hybridized carbons (Fsp3) is 0.0667. The average molecular weight is 315 g/mol. The second-order valence-electron chi connectivity index (χ2n) is 4.06. The molecule has 0 saturated heterocycles. The van der Waals surface area contributed by atoms with Crippen molar-refractivity contribution in [2.24, 2.45) is 0 Å². The number of aromatic nitrogens is 2. The van der Waals surface area contributed by atoms with Crippen molar-refractivity contribution in [2.75, 3.05) is 7.11 Å². The van der Waals surface area contributed by atoms with E-state index in [1.807, 2.05) is 48.5 Å². The highest BCUT2D eigenvalue weighted by Gasteiger charge is 2.10. The van der Waals surface area contributed by atoms with Gasteiger partial charge in [0.15, 0.2) is 5.82 Å². The number of para-hydroxylation sites is 2. The molecule has 0 aliphatic carbocycles. The van der Waals surface area contributed by atoms with Gasteiger partial charge in [0.1, 0.15) is 10.4 Å². The van der Waals surface area contributed by atoms with Gasteiger partial charge in [0.25, 0.3) is 0 Å². The lowest BCUT2D eigenvalue weighted by molar-refractivity contribution is 0.416. The van der Waals surface area contributed by atoms with Crippen LogP contribution in [0.25, 0.3) is 22.3 Å². The van der Waals surface area contributed by atoms with E-state index < -0.39 is 0 Å². The molecule has 0 aliphatic rings. The van der Waals surface area contributed by atoms with Gasteiger partial charge >= 0.3 is 0 Å². The Bertz CT molecular complexity index is 743. The lowest BCUT2D eigenvalue weighted by atomic mass is 10.1. The van der Waals surface area contributed by atoms with Gasteiger partial charge in [-0.25, -0.2) is 9.97 Å². The molecule has 4 heteroatoms. The Morgan fingerprint density at radius 1 is 0.947 bits per heavy atom. The van der Waals surface area contributed by atoms with Gasteiger partial charge in [-0.1, -0.05) is 30.3 Å². The van der Waals surface area contributed by atoms with E-state index in [1.165, 1.54) is 0 Å². The summed E-state index contributed by atoms with van der Waals surface area (Å²) in [5.41, 5.74) is 1.79. The van der Waals surface area contributed by atoms with E-state index in [-0.39, 0.29) is 0 Å². The third-order valence-corrected chi connectivity index (χ3v) is 3.51. The van der Waals surface area contributed by atoms with Crippen LogP contribution >= 0.6 is 15.9 Å². The number of fused-ring (bicyclic) bond motifs is 1. The maximum absolute atomic E-state index is 5.36. The largest absolute Gasteiger partial charge is 0.496 e. The summed E-state index contributed by atoms with van der Waals surface area (Å²) in [5, 5.41) is 1.00. The Morgan fingerprint density at radius 3 is 2.53 bits per heavy atom. The van der Waals surface area contributed by atoms with Crippen molar-refractivity contribution in [1.82, 2.24) is 9.97 Å². The number of ether oxygens (including phenoxy) is 1. The summed E-state index contributed by atoms with van der Waals surface area (Å²) in [5.74, 6) is 1.42. The van der Waals surface area contributed by atoms with Crippen LogP contribution in [0.5, 0.6) is 5.75 Å². The Balaban J connectivity index is 2.26. The third kappa shape index (κ3) is 2.19. The zero-order chi connectivity index (χ0) is 13.2. The number of rotatable bonds is 2. The lowest BCUT2D eigenvalue weighted by Gasteiger charge is -2.08. The van der Waals surface area contributed by atoms with Crippen LogP contribution in [-0.4, -0.2) is 17.1 Å². The summed E-state index contributed by atoms with van der Waals surface area (Å²) in [7, 11) is 1.65. The quantitative estimate of drug-likeness (QED) is 0.669. The average Bonchev–Trinajstić information content (AvgIpc) is 2.47. The monoisotopic (exact) mass is 314 g/mol. The first kappa shape index (κ1) is 12.1. The van der Waals surface area contributed by atoms with Crippen LogP contribution in [0.15, 0.2) is 53.1 Å². The fourth-order valence-corrected chi connectivity index (χ4v) is 2.49. The number of hydrogen-bond acceptors (Lipinski definition) is 3. The number of methoxy groups -OCH3 is 1. The standard InChI is InChI=1S/C15H11BrN2O/c1-19-13-9-5-3-7-11(13)15-17-12-8-4-2-6-10(12)14(16)18-15/h2-9H,1H3. The van der Waals surface area contributed by atoms with E-state index in [4.69, 9.17) is 4.74 Å². The first-order valence-corrected chi connectivity index (χ1v) is 6.64. The van der Waals surface area contributed by atoms with Crippen LogP contribution in [0.4, 0.5) is 0 Å². The molecule has 0 amide bonds. The molecule has 0 fully saturated rings. The highest BCUT2D eigenvalue weighted by atomic mass is 79.9. The van der Waals surface area contributed by atoms with Crippen LogP contribution in [0, 0.1) is 0 Å². The van der Waals surface area contributed by atoms with Crippen molar-refractivity contribution in [3.8, 4) is 17.1 Å². The predicted octanol–water partition coefficient (Wildman–Crippen LogP) is 4.07. The molecule has 0 aliphatic heterocycles. The van der Waals surface area contributed by atoms with Crippen LogP contribution in [0.2, 0.25) is 0 Å². The minimum atomic E-state index is 0.656. The number of nitrogens with zero attached hydrogens (tertiary/aromatic N) is 2. The minimum Gasteiger partial charge on any atom is -0.496 e. The molecule has 94 valence electrons. The molecule has 2 aromatic carbocycles. The summed E-state index contributed by atoms with van der Waals surface area (Å²) >= 11 is 3.50. The summed E-state index contributed by atoms with van der Waals surface area (Å²) in [6.07, 6.45) is 0. The van der Waals surface area contributed by atoms with E-state index in [9.17, 15) is 0 Å². The highest BCUT2D eigenvalue weighted by molar-refractivity contribution is 9.10. The van der Waals surface area contributed by atoms with Crippen molar-refractivity contribution in [3.05, 3.63) is 53.1 Å². The van der Waals surface area contributed by atoms with Gasteiger partial charge < -0.3 is 4.74 Å². The lowest BCUT2D eigenvalue weighted by Crippen LogP contribution is -1.94. The highest BCUT2D eigenvalue weighted by Crippen LogP contribution is 2.30. The summed E-state index contributed by atoms with van der Waals surface area (Å²) < 4.78 is 6.15. The van der Waals surface area contributed by atoms with Crippen molar-refractivity contribution >= 4 is 26.8 Å². The first-order chi connectivity index (χ1) is 9.29. The number of halogens is 1. The molecule has 3 rings (SSSR count). The molecule has 3 nitrogen and oxygen atoms in total. The molecule has 0 atom stereocenters. The summed E-state index contributed by atoms with van der Waals surface area (Å²) in [6, 6.07) is 15.6. The van der Waals surface area contributed by atoms with Gasteiger partial charge in [-0.15, -0.1) is 0 Å². The number of benzene rings is 2. The molecule has 0 radical (unpaired) electrons. The van der Waals surface area contributed by atoms with Crippen molar-refractivity contribution in [2.45, 2.75) is 0 Å². The summed E-state index contributed by atoms with van der Waals surface area (Å²) in [6.45, 7) is 0. The maximum atomic E-state index is 5.36. The predicted molar refractivity (Wildman–Crippen MR) is 79.2 cm³/mol. The van der Waals surface area contributed by atoms with E-state index in [1.54, 1.807) is 7.11 Å². The molecule has 0 spiro atoms. The van der Waals surface area contributed by atoms with Gasteiger partial charge in [0, 0.05) is 5.39 Å². The first-order valence-electron chi connectivity index (χ1n) is 5.85. The Morgan fingerprint density at radius 2 is 1.68 bits per heavy atom. The zero-order valence-corrected chi connectivity index (χ0v) is 11.9. The van der Waals surface area contributed by atoms with E-state index >= 15 is 0 Å². The molecule has 1 aromatic heterocycles. The molecule has 3 aromatic rings. The molecule has 19 heavy (non-hydrogen) atoms. The molecule has 1 heterocycles. The second-order valence-corrected chi connectivity index (χ2v) is 4.81. The minimum absolute atomic E-state index is 0.656. The van der Waals surface area contributed by atoms with Crippen LogP contribution < -0.4 is 4.74 Å². The normalized spacial score (nSPS) is 10.6. The van der Waals surface area contributed by atoms with E-state index in [2.05, 4.69) is 25.9 Å². The van der Waals surface area contributed by atoms with Crippen molar-refractivity contribution in [1.29, 1.82) is 0 Å². The molecular weight excluding hydrogens is 304 g/mol. The Hall–Kier alpha value is -1.94. The van der Waals surface area contributed by atoms with Crippen molar-refractivity contribution in [3.63, 3.8) is 0 Å². The number of hydrogen-bond donors (Lipinski definition) is 0. The van der Waals surface area contributed by atoms with Crippen LogP contribution in [-0.2, 0) is 0 Å². The van der Waals surface area contributed by atoms with Gasteiger partial charge in [-0.05, 0) is 34.1 Å². The third-order valence-electron chi connectivity index (χ3n) is 2.90. The molecule has 0 unspecified atom stereocenters. The zero-order valence-electron chi connectivity index (χ0n) is 10.3. The van der Waals surface area contributed by atoms with Crippen molar-refractivity contribution < 1.29 is 4.74 Å². The van der Waals surface area contributed by atoms with Gasteiger partial charge in [0.05, 0.1) is 18.2 Å².